The van der Waals surface area contributed by atoms with Crippen molar-refractivity contribution in [3.8, 4) is 5.75 Å². The van der Waals surface area contributed by atoms with Gasteiger partial charge < -0.3 is 10.1 Å². The van der Waals surface area contributed by atoms with Crippen LogP contribution in [0.25, 0.3) is 6.08 Å². The van der Waals surface area contributed by atoms with E-state index < -0.39 is 0 Å². The molecule has 0 aliphatic heterocycles. The number of hydrogen-bond donors (Lipinski definition) is 1. The van der Waals surface area contributed by atoms with Gasteiger partial charge in [0.15, 0.2) is 0 Å². The Morgan fingerprint density at radius 3 is 2.75 bits per heavy atom. The molecule has 0 spiro atoms. The quantitative estimate of drug-likeness (QED) is 0.535. The van der Waals surface area contributed by atoms with Crippen LogP contribution < -0.4 is 10.1 Å². The largest absolute Gasteiger partial charge is 0.489 e. The van der Waals surface area contributed by atoms with Crippen LogP contribution in [-0.4, -0.2) is 19.7 Å². The molecule has 0 heterocycles. The van der Waals surface area contributed by atoms with Gasteiger partial charge in [0.25, 0.3) is 0 Å². The highest BCUT2D eigenvalue weighted by atomic mass is 16.5. The summed E-state index contributed by atoms with van der Waals surface area (Å²) in [6, 6.07) is 8.15. The maximum atomic E-state index is 5.71. The third-order valence-electron chi connectivity index (χ3n) is 3.11. The number of ether oxygens (including phenoxy) is 1. The molecule has 110 valence electrons. The molecule has 0 atom stereocenters. The summed E-state index contributed by atoms with van der Waals surface area (Å²) < 4.78 is 5.71. The van der Waals surface area contributed by atoms with E-state index in [9.17, 15) is 0 Å². The van der Waals surface area contributed by atoms with Gasteiger partial charge in [-0.2, -0.15) is 0 Å². The molecule has 1 N–H and O–H groups in total. The van der Waals surface area contributed by atoms with Crippen LogP contribution in [-0.2, 0) is 0 Å². The van der Waals surface area contributed by atoms with Gasteiger partial charge in [-0.15, -0.1) is 0 Å². The Hall–Kier alpha value is -1.54. The van der Waals surface area contributed by atoms with E-state index in [4.69, 9.17) is 4.74 Å². The Morgan fingerprint density at radius 1 is 1.35 bits per heavy atom. The van der Waals surface area contributed by atoms with E-state index in [2.05, 4.69) is 44.8 Å². The first-order valence-corrected chi connectivity index (χ1v) is 7.43. The van der Waals surface area contributed by atoms with E-state index in [0.29, 0.717) is 12.5 Å². The van der Waals surface area contributed by atoms with Crippen molar-refractivity contribution in [1.82, 2.24) is 5.32 Å². The third-order valence-corrected chi connectivity index (χ3v) is 3.11. The minimum absolute atomic E-state index is 0.520. The third kappa shape index (κ3) is 5.62. The Bertz CT molecular complexity index is 435. The smallest absolute Gasteiger partial charge is 0.126 e. The second kappa shape index (κ2) is 9.38. The summed E-state index contributed by atoms with van der Waals surface area (Å²) in [6.45, 7) is 12.9. The molecule has 2 nitrogen and oxygen atoms in total. The van der Waals surface area contributed by atoms with Gasteiger partial charge in [-0.3, -0.25) is 0 Å². The fourth-order valence-corrected chi connectivity index (χ4v) is 1.91. The normalized spacial score (nSPS) is 11.7. The molecule has 1 aromatic rings. The zero-order valence-corrected chi connectivity index (χ0v) is 13.0. The van der Waals surface area contributed by atoms with Gasteiger partial charge in [-0.1, -0.05) is 63.3 Å². The number of nitrogens with one attached hydrogen (secondary N) is 1. The lowest BCUT2D eigenvalue weighted by Gasteiger charge is -2.14. The van der Waals surface area contributed by atoms with Crippen molar-refractivity contribution in [1.29, 1.82) is 0 Å². The molecule has 2 heteroatoms. The molecule has 0 aromatic heterocycles. The predicted molar refractivity (Wildman–Crippen MR) is 88.1 cm³/mol. The second-order valence-electron chi connectivity index (χ2n) is 5.19. The van der Waals surface area contributed by atoms with Gasteiger partial charge in [0, 0.05) is 12.1 Å². The Balaban J connectivity index is 2.88. The van der Waals surface area contributed by atoms with E-state index in [-0.39, 0.29) is 0 Å². The highest BCUT2D eigenvalue weighted by Gasteiger charge is 2.06. The van der Waals surface area contributed by atoms with Crippen molar-refractivity contribution in [3.05, 3.63) is 48.1 Å². The standard InChI is InChI=1S/C18H27NO/c1-5-11-19-14-17(15(3)4)13-16-9-7-8-10-18(16)20-12-6-2/h6-10,13,15,19H,2,5,11-12,14H2,1,3-4H3. The molecular formula is C18H27NO. The Morgan fingerprint density at radius 2 is 2.10 bits per heavy atom. The Kier molecular flexibility index (Phi) is 7.74. The molecule has 1 aromatic carbocycles. The molecule has 0 amide bonds. The van der Waals surface area contributed by atoms with Crippen molar-refractivity contribution in [2.75, 3.05) is 19.7 Å². The van der Waals surface area contributed by atoms with Crippen LogP contribution in [0.1, 0.15) is 32.8 Å². The van der Waals surface area contributed by atoms with Crippen LogP contribution in [0.4, 0.5) is 0 Å². The summed E-state index contributed by atoms with van der Waals surface area (Å²) in [4.78, 5) is 0. The summed E-state index contributed by atoms with van der Waals surface area (Å²) in [7, 11) is 0. The lowest BCUT2D eigenvalue weighted by molar-refractivity contribution is 0.362. The van der Waals surface area contributed by atoms with Crippen molar-refractivity contribution in [2.24, 2.45) is 5.92 Å². The first-order valence-electron chi connectivity index (χ1n) is 7.43. The van der Waals surface area contributed by atoms with Crippen molar-refractivity contribution in [2.45, 2.75) is 27.2 Å². The second-order valence-corrected chi connectivity index (χ2v) is 5.19. The molecule has 0 radical (unpaired) electrons. The van der Waals surface area contributed by atoms with Gasteiger partial charge in [0.1, 0.15) is 12.4 Å². The zero-order valence-electron chi connectivity index (χ0n) is 13.0. The highest BCUT2D eigenvalue weighted by molar-refractivity contribution is 5.60. The molecule has 0 unspecified atom stereocenters. The molecule has 0 saturated heterocycles. The molecule has 20 heavy (non-hydrogen) atoms. The van der Waals surface area contributed by atoms with E-state index in [1.165, 1.54) is 5.57 Å². The van der Waals surface area contributed by atoms with Gasteiger partial charge >= 0.3 is 0 Å². The molecular weight excluding hydrogens is 246 g/mol. The van der Waals surface area contributed by atoms with Crippen LogP contribution in [0.15, 0.2) is 42.5 Å². The highest BCUT2D eigenvalue weighted by Crippen LogP contribution is 2.23. The van der Waals surface area contributed by atoms with Gasteiger partial charge in [-0.25, -0.2) is 0 Å². The Labute approximate surface area is 123 Å². The first-order chi connectivity index (χ1) is 9.69. The lowest BCUT2D eigenvalue weighted by atomic mass is 10.00. The van der Waals surface area contributed by atoms with Crippen molar-refractivity contribution >= 4 is 6.08 Å². The fraction of sp³-hybridized carbons (Fsp3) is 0.444. The van der Waals surface area contributed by atoms with Gasteiger partial charge in [0.05, 0.1) is 0 Å². The van der Waals surface area contributed by atoms with Crippen LogP contribution in [0.3, 0.4) is 0 Å². The summed E-state index contributed by atoms with van der Waals surface area (Å²) >= 11 is 0. The fourth-order valence-electron chi connectivity index (χ4n) is 1.91. The lowest BCUT2D eigenvalue weighted by Crippen LogP contribution is -2.20. The average Bonchev–Trinajstić information content (AvgIpc) is 2.45. The van der Waals surface area contributed by atoms with E-state index >= 15 is 0 Å². The van der Waals surface area contributed by atoms with E-state index in [1.807, 2.05) is 18.2 Å². The molecule has 0 bridgehead atoms. The summed E-state index contributed by atoms with van der Waals surface area (Å²) in [5.41, 5.74) is 2.53. The number of rotatable bonds is 9. The van der Waals surface area contributed by atoms with E-state index in [1.54, 1.807) is 6.08 Å². The summed E-state index contributed by atoms with van der Waals surface area (Å²) in [6.07, 6.45) is 5.17. The van der Waals surface area contributed by atoms with Crippen molar-refractivity contribution < 1.29 is 4.74 Å². The molecule has 0 fully saturated rings. The summed E-state index contributed by atoms with van der Waals surface area (Å²) in [5.74, 6) is 1.44. The zero-order chi connectivity index (χ0) is 14.8. The van der Waals surface area contributed by atoms with E-state index in [0.717, 1.165) is 30.8 Å². The van der Waals surface area contributed by atoms with Crippen LogP contribution in [0, 0.1) is 5.92 Å². The molecule has 0 aliphatic carbocycles. The molecule has 1 rings (SSSR count). The van der Waals surface area contributed by atoms with Crippen LogP contribution in [0.2, 0.25) is 0 Å². The van der Waals surface area contributed by atoms with Crippen LogP contribution in [0.5, 0.6) is 5.75 Å². The topological polar surface area (TPSA) is 21.3 Å². The van der Waals surface area contributed by atoms with Gasteiger partial charge in [-0.05, 0) is 24.9 Å². The minimum atomic E-state index is 0.520. The average molecular weight is 273 g/mol. The number of hydrogen-bond acceptors (Lipinski definition) is 2. The van der Waals surface area contributed by atoms with Crippen molar-refractivity contribution in [3.63, 3.8) is 0 Å². The molecule has 0 aliphatic rings. The predicted octanol–water partition coefficient (Wildman–Crippen LogP) is 4.29. The number of para-hydroxylation sites is 1. The first kappa shape index (κ1) is 16.5. The van der Waals surface area contributed by atoms with Gasteiger partial charge in [0.2, 0.25) is 0 Å². The number of benzene rings is 1. The summed E-state index contributed by atoms with van der Waals surface area (Å²) in [5, 5.41) is 3.47. The monoisotopic (exact) mass is 273 g/mol. The van der Waals surface area contributed by atoms with Crippen LogP contribution >= 0.6 is 0 Å². The minimum Gasteiger partial charge on any atom is -0.489 e. The molecule has 0 saturated carbocycles. The maximum absolute atomic E-state index is 5.71. The maximum Gasteiger partial charge on any atom is 0.126 e. The SMILES string of the molecule is C=CCOc1ccccc1C=C(CNCCC)C(C)C.